The topological polar surface area (TPSA) is 98.1 Å². The zero-order valence-corrected chi connectivity index (χ0v) is 19.1. The highest BCUT2D eigenvalue weighted by molar-refractivity contribution is 5.96. The molecule has 8 nitrogen and oxygen atoms in total. The van der Waals surface area contributed by atoms with Crippen molar-refractivity contribution in [3.63, 3.8) is 0 Å². The van der Waals surface area contributed by atoms with Crippen LogP contribution in [0.4, 0.5) is 15.9 Å². The summed E-state index contributed by atoms with van der Waals surface area (Å²) in [4.78, 5) is 29.4. The third-order valence-electron chi connectivity index (χ3n) is 5.24. The van der Waals surface area contributed by atoms with E-state index in [4.69, 9.17) is 9.72 Å². The van der Waals surface area contributed by atoms with E-state index in [1.807, 2.05) is 38.1 Å². The number of amides is 2. The molecule has 174 valence electrons. The Balaban J connectivity index is 1.49. The summed E-state index contributed by atoms with van der Waals surface area (Å²) in [6.07, 6.45) is -0.0594. The maximum atomic E-state index is 13.0. The molecule has 2 aromatic heterocycles. The zero-order chi connectivity index (χ0) is 24.2. The van der Waals surface area contributed by atoms with E-state index >= 15 is 0 Å². The average Bonchev–Trinajstić information content (AvgIpc) is 3.18. The van der Waals surface area contributed by atoms with Gasteiger partial charge in [-0.25, -0.2) is 9.37 Å². The molecule has 0 bridgehead atoms. The number of aryl methyl sites for hydroxylation is 2. The highest BCUT2D eigenvalue weighted by atomic mass is 19.1. The van der Waals surface area contributed by atoms with E-state index in [9.17, 15) is 14.0 Å². The third kappa shape index (κ3) is 5.03. The molecular weight excluding hydrogens is 437 g/mol. The van der Waals surface area contributed by atoms with Gasteiger partial charge in [-0.2, -0.15) is 9.78 Å². The van der Waals surface area contributed by atoms with Crippen LogP contribution in [-0.2, 0) is 9.59 Å². The Morgan fingerprint density at radius 2 is 1.71 bits per heavy atom. The molecule has 2 amide bonds. The number of benzene rings is 2. The Bertz CT molecular complexity index is 1370. The number of hydrogen-bond donors (Lipinski definition) is 2. The standard InChI is InChI=1S/C25H24FN5O3/c1-15-13-21(29-25-19(15)5-4-6-20(25)34-3)31-22(14-16(2)30-31)28-24(33)12-11-23(32)27-18-9-7-17(26)8-10-18/h4-10,13-14H,11-12H2,1-3H3,(H,27,32)(H,28,33). The summed E-state index contributed by atoms with van der Waals surface area (Å²) >= 11 is 0. The molecule has 4 aromatic rings. The van der Waals surface area contributed by atoms with Crippen LogP contribution in [0.25, 0.3) is 16.7 Å². The van der Waals surface area contributed by atoms with Crippen LogP contribution in [0.5, 0.6) is 5.75 Å². The van der Waals surface area contributed by atoms with E-state index in [1.54, 1.807) is 17.9 Å². The number of hydrogen-bond acceptors (Lipinski definition) is 5. The predicted octanol–water partition coefficient (Wildman–Crippen LogP) is 4.54. The van der Waals surface area contributed by atoms with Crippen molar-refractivity contribution in [1.82, 2.24) is 14.8 Å². The molecule has 0 unspecified atom stereocenters. The van der Waals surface area contributed by atoms with Crippen LogP contribution in [-0.4, -0.2) is 33.7 Å². The molecule has 0 aliphatic heterocycles. The van der Waals surface area contributed by atoms with Crippen molar-refractivity contribution in [2.45, 2.75) is 26.7 Å². The fourth-order valence-corrected chi connectivity index (χ4v) is 3.60. The van der Waals surface area contributed by atoms with Gasteiger partial charge in [0.1, 0.15) is 22.9 Å². The van der Waals surface area contributed by atoms with Crippen molar-refractivity contribution in [2.24, 2.45) is 0 Å². The molecule has 0 radical (unpaired) electrons. The minimum Gasteiger partial charge on any atom is -0.494 e. The molecule has 0 saturated carbocycles. The smallest absolute Gasteiger partial charge is 0.226 e. The Morgan fingerprint density at radius 3 is 2.41 bits per heavy atom. The average molecular weight is 461 g/mol. The van der Waals surface area contributed by atoms with E-state index in [0.717, 1.165) is 10.9 Å². The third-order valence-corrected chi connectivity index (χ3v) is 5.24. The number of carbonyl (C=O) groups is 2. The van der Waals surface area contributed by atoms with Gasteiger partial charge in [-0.05, 0) is 55.8 Å². The summed E-state index contributed by atoms with van der Waals surface area (Å²) in [5.41, 5.74) is 2.85. The molecule has 0 aliphatic carbocycles. The Hall–Kier alpha value is -4.27. The highest BCUT2D eigenvalue weighted by Crippen LogP contribution is 2.28. The van der Waals surface area contributed by atoms with Crippen LogP contribution in [0.15, 0.2) is 54.6 Å². The maximum absolute atomic E-state index is 13.0. The number of fused-ring (bicyclic) bond motifs is 1. The van der Waals surface area contributed by atoms with Crippen molar-refractivity contribution >= 4 is 34.2 Å². The number of rotatable bonds is 7. The summed E-state index contributed by atoms with van der Waals surface area (Å²) in [5.74, 6) is 0.549. The van der Waals surface area contributed by atoms with Gasteiger partial charge in [0.15, 0.2) is 5.82 Å². The van der Waals surface area contributed by atoms with Crippen LogP contribution in [0, 0.1) is 19.7 Å². The van der Waals surface area contributed by atoms with Gasteiger partial charge in [-0.1, -0.05) is 12.1 Å². The molecule has 0 atom stereocenters. The van der Waals surface area contributed by atoms with Crippen molar-refractivity contribution in [1.29, 1.82) is 0 Å². The molecular formula is C25H24FN5O3. The van der Waals surface area contributed by atoms with Crippen molar-refractivity contribution in [2.75, 3.05) is 17.7 Å². The lowest BCUT2D eigenvalue weighted by molar-refractivity contribution is -0.121. The first-order valence-corrected chi connectivity index (χ1v) is 10.7. The van der Waals surface area contributed by atoms with E-state index < -0.39 is 0 Å². The number of nitrogens with zero attached hydrogens (tertiary/aromatic N) is 3. The SMILES string of the molecule is COc1cccc2c(C)cc(-n3nc(C)cc3NC(=O)CCC(=O)Nc3ccc(F)cc3)nc12. The number of ether oxygens (including phenoxy) is 1. The Morgan fingerprint density at radius 1 is 1.00 bits per heavy atom. The van der Waals surface area contributed by atoms with Gasteiger partial charge in [0, 0.05) is 30.0 Å². The summed E-state index contributed by atoms with van der Waals surface area (Å²) in [6, 6.07) is 14.8. The number of halogens is 1. The second-order valence-electron chi connectivity index (χ2n) is 7.84. The first kappa shape index (κ1) is 22.9. The van der Waals surface area contributed by atoms with E-state index in [1.165, 1.54) is 24.3 Å². The minimum absolute atomic E-state index is 0.0269. The second kappa shape index (κ2) is 9.70. The second-order valence-corrected chi connectivity index (χ2v) is 7.84. The summed E-state index contributed by atoms with van der Waals surface area (Å²) in [7, 11) is 1.59. The maximum Gasteiger partial charge on any atom is 0.226 e. The first-order chi connectivity index (χ1) is 16.3. The van der Waals surface area contributed by atoms with E-state index in [2.05, 4.69) is 15.7 Å². The molecule has 0 aliphatic rings. The number of anilines is 2. The van der Waals surface area contributed by atoms with Crippen LogP contribution in [0.1, 0.15) is 24.1 Å². The van der Waals surface area contributed by atoms with Crippen molar-refractivity contribution in [3.8, 4) is 11.6 Å². The zero-order valence-electron chi connectivity index (χ0n) is 19.1. The molecule has 9 heteroatoms. The molecule has 4 rings (SSSR count). The van der Waals surface area contributed by atoms with Gasteiger partial charge in [0.25, 0.3) is 0 Å². The summed E-state index contributed by atoms with van der Waals surface area (Å²) in [6.45, 7) is 3.79. The quantitative estimate of drug-likeness (QED) is 0.421. The Labute approximate surface area is 195 Å². The van der Waals surface area contributed by atoms with Crippen LogP contribution < -0.4 is 15.4 Å². The van der Waals surface area contributed by atoms with Gasteiger partial charge >= 0.3 is 0 Å². The lowest BCUT2D eigenvalue weighted by Gasteiger charge is -2.12. The molecule has 2 heterocycles. The van der Waals surface area contributed by atoms with Gasteiger partial charge in [0.2, 0.25) is 11.8 Å². The number of methoxy groups -OCH3 is 1. The molecule has 0 spiro atoms. The minimum atomic E-state index is -0.390. The molecule has 0 saturated heterocycles. The van der Waals surface area contributed by atoms with Crippen molar-refractivity contribution in [3.05, 3.63) is 71.7 Å². The Kier molecular flexibility index (Phi) is 6.53. The number of pyridine rings is 1. The molecule has 2 aromatic carbocycles. The fraction of sp³-hybridized carbons (Fsp3) is 0.200. The lowest BCUT2D eigenvalue weighted by atomic mass is 10.1. The summed E-state index contributed by atoms with van der Waals surface area (Å²) in [5, 5.41) is 10.9. The fourth-order valence-electron chi connectivity index (χ4n) is 3.60. The lowest BCUT2D eigenvalue weighted by Crippen LogP contribution is -2.19. The van der Waals surface area contributed by atoms with Gasteiger partial charge in [0.05, 0.1) is 12.8 Å². The monoisotopic (exact) mass is 461 g/mol. The van der Waals surface area contributed by atoms with Gasteiger partial charge < -0.3 is 15.4 Å². The highest BCUT2D eigenvalue weighted by Gasteiger charge is 2.16. The molecule has 2 N–H and O–H groups in total. The number of aromatic nitrogens is 3. The largest absolute Gasteiger partial charge is 0.494 e. The molecule has 34 heavy (non-hydrogen) atoms. The predicted molar refractivity (Wildman–Crippen MR) is 128 cm³/mol. The van der Waals surface area contributed by atoms with Gasteiger partial charge in [-0.3, -0.25) is 9.59 Å². The first-order valence-electron chi connectivity index (χ1n) is 10.7. The number of nitrogens with one attached hydrogen (secondary N) is 2. The van der Waals surface area contributed by atoms with Crippen LogP contribution >= 0.6 is 0 Å². The normalized spacial score (nSPS) is 10.8. The van der Waals surface area contributed by atoms with Crippen molar-refractivity contribution < 1.29 is 18.7 Å². The van der Waals surface area contributed by atoms with Crippen LogP contribution in [0.3, 0.4) is 0 Å². The number of carbonyl (C=O) groups excluding carboxylic acids is 2. The van der Waals surface area contributed by atoms with Crippen LogP contribution in [0.2, 0.25) is 0 Å². The van der Waals surface area contributed by atoms with E-state index in [-0.39, 0.29) is 30.5 Å². The molecule has 0 fully saturated rings. The van der Waals surface area contributed by atoms with Gasteiger partial charge in [-0.15, -0.1) is 0 Å². The number of para-hydroxylation sites is 1. The summed E-state index contributed by atoms with van der Waals surface area (Å²) < 4.78 is 20.0. The van der Waals surface area contributed by atoms with E-state index in [0.29, 0.717) is 34.3 Å².